The second kappa shape index (κ2) is 4.45. The molecule has 0 fully saturated rings. The van der Waals surface area contributed by atoms with Crippen LogP contribution in [-0.4, -0.2) is 0 Å². The van der Waals surface area contributed by atoms with Crippen molar-refractivity contribution in [2.75, 3.05) is 0 Å². The van der Waals surface area contributed by atoms with Crippen LogP contribution in [0.15, 0.2) is 55.1 Å². The Hall–Kier alpha value is -1.34. The molecule has 1 atom stereocenters. The minimum Gasteiger partial charge on any atom is -0.145 e. The summed E-state index contributed by atoms with van der Waals surface area (Å²) >= 11 is 1.84. The highest BCUT2D eigenvalue weighted by Crippen LogP contribution is 2.30. The van der Waals surface area contributed by atoms with Crippen LogP contribution in [0, 0.1) is 6.92 Å². The molecule has 0 radical (unpaired) electrons. The first-order chi connectivity index (χ1) is 7.31. The highest BCUT2D eigenvalue weighted by molar-refractivity contribution is 7.12. The monoisotopic (exact) mass is 214 g/mol. The Morgan fingerprint density at radius 3 is 2.40 bits per heavy atom. The first kappa shape index (κ1) is 10.2. The van der Waals surface area contributed by atoms with Crippen molar-refractivity contribution in [3.8, 4) is 0 Å². The van der Waals surface area contributed by atoms with Gasteiger partial charge in [0.2, 0.25) is 0 Å². The van der Waals surface area contributed by atoms with E-state index in [0.717, 1.165) is 0 Å². The minimum atomic E-state index is 0.338. The van der Waals surface area contributed by atoms with Crippen molar-refractivity contribution in [2.45, 2.75) is 12.8 Å². The van der Waals surface area contributed by atoms with Gasteiger partial charge in [0.25, 0.3) is 0 Å². The van der Waals surface area contributed by atoms with Crippen molar-refractivity contribution >= 4 is 11.3 Å². The molecule has 0 aliphatic rings. The summed E-state index contributed by atoms with van der Waals surface area (Å²) in [5.41, 5.74) is 1.31. The van der Waals surface area contributed by atoms with Crippen molar-refractivity contribution in [1.29, 1.82) is 0 Å². The fourth-order valence-corrected chi connectivity index (χ4v) is 2.70. The zero-order valence-electron chi connectivity index (χ0n) is 8.81. The lowest BCUT2D eigenvalue weighted by molar-refractivity contribution is 1.06. The molecule has 0 aliphatic heterocycles. The molecule has 0 N–H and O–H groups in total. The molecule has 1 heterocycles. The molecule has 0 bridgehead atoms. The standard InChI is InChI=1S/C14H14S/c1-3-13(12-7-5-4-6-8-12)14-10-9-11(2)15-14/h3-10,13H,1H2,2H3. The molecule has 1 heteroatoms. The van der Waals surface area contributed by atoms with Crippen molar-refractivity contribution in [1.82, 2.24) is 0 Å². The fourth-order valence-electron chi connectivity index (χ4n) is 1.70. The van der Waals surface area contributed by atoms with Gasteiger partial charge in [0.1, 0.15) is 0 Å². The fraction of sp³-hybridized carbons (Fsp3) is 0.143. The lowest BCUT2D eigenvalue weighted by Crippen LogP contribution is -1.93. The van der Waals surface area contributed by atoms with Crippen LogP contribution in [0.5, 0.6) is 0 Å². The highest BCUT2D eigenvalue weighted by atomic mass is 32.1. The molecule has 15 heavy (non-hydrogen) atoms. The van der Waals surface area contributed by atoms with Gasteiger partial charge in [0, 0.05) is 15.7 Å². The zero-order valence-corrected chi connectivity index (χ0v) is 9.63. The molecule has 76 valence electrons. The van der Waals surface area contributed by atoms with E-state index in [1.807, 2.05) is 23.5 Å². The number of aryl methyl sites for hydroxylation is 1. The Morgan fingerprint density at radius 2 is 1.87 bits per heavy atom. The minimum absolute atomic E-state index is 0.338. The lowest BCUT2D eigenvalue weighted by atomic mass is 9.98. The molecular weight excluding hydrogens is 200 g/mol. The number of hydrogen-bond donors (Lipinski definition) is 0. The topological polar surface area (TPSA) is 0 Å². The van der Waals surface area contributed by atoms with E-state index in [2.05, 4.69) is 49.9 Å². The van der Waals surface area contributed by atoms with E-state index in [0.29, 0.717) is 5.92 Å². The van der Waals surface area contributed by atoms with Gasteiger partial charge in [-0.15, -0.1) is 17.9 Å². The maximum atomic E-state index is 3.93. The van der Waals surface area contributed by atoms with Gasteiger partial charge in [-0.1, -0.05) is 36.4 Å². The van der Waals surface area contributed by atoms with E-state index >= 15 is 0 Å². The number of thiophene rings is 1. The van der Waals surface area contributed by atoms with Crippen molar-refractivity contribution in [3.05, 3.63) is 70.4 Å². The summed E-state index contributed by atoms with van der Waals surface area (Å²) in [5.74, 6) is 0.338. The summed E-state index contributed by atoms with van der Waals surface area (Å²) in [6, 6.07) is 14.9. The summed E-state index contributed by atoms with van der Waals surface area (Å²) in [5, 5.41) is 0. The molecule has 0 nitrogen and oxygen atoms in total. The van der Waals surface area contributed by atoms with Gasteiger partial charge in [0.15, 0.2) is 0 Å². The molecular formula is C14H14S. The number of allylic oxidation sites excluding steroid dienone is 1. The largest absolute Gasteiger partial charge is 0.145 e. The summed E-state index contributed by atoms with van der Waals surface area (Å²) < 4.78 is 0. The van der Waals surface area contributed by atoms with Crippen LogP contribution < -0.4 is 0 Å². The van der Waals surface area contributed by atoms with E-state index in [4.69, 9.17) is 0 Å². The molecule has 0 saturated heterocycles. The van der Waals surface area contributed by atoms with Gasteiger partial charge >= 0.3 is 0 Å². The second-order valence-corrected chi connectivity index (χ2v) is 4.89. The van der Waals surface area contributed by atoms with Crippen LogP contribution >= 0.6 is 11.3 Å². The average molecular weight is 214 g/mol. The van der Waals surface area contributed by atoms with Crippen LogP contribution in [0.4, 0.5) is 0 Å². The average Bonchev–Trinajstić information content (AvgIpc) is 2.68. The van der Waals surface area contributed by atoms with Gasteiger partial charge < -0.3 is 0 Å². The molecule has 0 spiro atoms. The Bertz CT molecular complexity index is 439. The molecule has 0 aliphatic carbocycles. The van der Waals surface area contributed by atoms with E-state index < -0.39 is 0 Å². The van der Waals surface area contributed by atoms with Gasteiger partial charge in [-0.2, -0.15) is 0 Å². The van der Waals surface area contributed by atoms with Gasteiger partial charge in [-0.3, -0.25) is 0 Å². The first-order valence-electron chi connectivity index (χ1n) is 5.05. The first-order valence-corrected chi connectivity index (χ1v) is 5.87. The predicted molar refractivity (Wildman–Crippen MR) is 67.5 cm³/mol. The molecule has 2 rings (SSSR count). The van der Waals surface area contributed by atoms with E-state index in [9.17, 15) is 0 Å². The molecule has 2 aromatic rings. The Labute approximate surface area is 94.9 Å². The third kappa shape index (κ3) is 2.18. The maximum Gasteiger partial charge on any atom is 0.0361 e. The number of hydrogen-bond acceptors (Lipinski definition) is 1. The SMILES string of the molecule is C=CC(c1ccccc1)c1ccc(C)s1. The molecule has 0 saturated carbocycles. The van der Waals surface area contributed by atoms with Crippen LogP contribution in [-0.2, 0) is 0 Å². The Balaban J connectivity index is 2.37. The zero-order chi connectivity index (χ0) is 10.7. The number of benzene rings is 1. The van der Waals surface area contributed by atoms with Crippen LogP contribution in [0.2, 0.25) is 0 Å². The van der Waals surface area contributed by atoms with Gasteiger partial charge in [0.05, 0.1) is 0 Å². The summed E-state index contributed by atoms with van der Waals surface area (Å²) in [6.07, 6.45) is 2.01. The second-order valence-electron chi connectivity index (χ2n) is 3.57. The molecule has 0 amide bonds. The van der Waals surface area contributed by atoms with E-state index in [1.165, 1.54) is 15.3 Å². The van der Waals surface area contributed by atoms with Crippen LogP contribution in [0.1, 0.15) is 21.2 Å². The molecule has 1 unspecified atom stereocenters. The third-order valence-corrected chi connectivity index (χ3v) is 3.55. The van der Waals surface area contributed by atoms with Gasteiger partial charge in [-0.05, 0) is 24.6 Å². The summed E-state index contributed by atoms with van der Waals surface area (Å²) in [7, 11) is 0. The highest BCUT2D eigenvalue weighted by Gasteiger charge is 2.11. The van der Waals surface area contributed by atoms with Crippen molar-refractivity contribution < 1.29 is 0 Å². The summed E-state index contributed by atoms with van der Waals surface area (Å²) in [6.45, 7) is 6.07. The quantitative estimate of drug-likeness (QED) is 0.665. The number of rotatable bonds is 3. The smallest absolute Gasteiger partial charge is 0.0361 e. The normalized spacial score (nSPS) is 12.3. The van der Waals surface area contributed by atoms with Crippen molar-refractivity contribution in [2.24, 2.45) is 0 Å². The summed E-state index contributed by atoms with van der Waals surface area (Å²) in [4.78, 5) is 2.72. The van der Waals surface area contributed by atoms with Gasteiger partial charge in [-0.25, -0.2) is 0 Å². The Kier molecular flexibility index (Phi) is 3.02. The van der Waals surface area contributed by atoms with Crippen LogP contribution in [0.3, 0.4) is 0 Å². The maximum absolute atomic E-state index is 3.93. The lowest BCUT2D eigenvalue weighted by Gasteiger charge is -2.10. The predicted octanol–water partition coefficient (Wildman–Crippen LogP) is 4.37. The Morgan fingerprint density at radius 1 is 1.13 bits per heavy atom. The van der Waals surface area contributed by atoms with Crippen LogP contribution in [0.25, 0.3) is 0 Å². The van der Waals surface area contributed by atoms with Crippen molar-refractivity contribution in [3.63, 3.8) is 0 Å². The van der Waals surface area contributed by atoms with E-state index in [1.54, 1.807) is 0 Å². The van der Waals surface area contributed by atoms with E-state index in [-0.39, 0.29) is 0 Å². The molecule has 1 aromatic heterocycles. The molecule has 1 aromatic carbocycles. The third-order valence-electron chi connectivity index (χ3n) is 2.46.